The fraction of sp³-hybridized carbons (Fsp3) is 0.571. The van der Waals surface area contributed by atoms with Gasteiger partial charge >= 0.3 is 0 Å². The first-order chi connectivity index (χ1) is 8.08. The Labute approximate surface area is 102 Å². The van der Waals surface area contributed by atoms with Gasteiger partial charge in [-0.15, -0.1) is 0 Å². The molecular weight excluding hydrogens is 217 g/mol. The van der Waals surface area contributed by atoms with Crippen LogP contribution in [0.2, 0.25) is 0 Å². The van der Waals surface area contributed by atoms with Crippen molar-refractivity contribution in [2.45, 2.75) is 51.3 Å². The van der Waals surface area contributed by atoms with Crippen LogP contribution in [-0.2, 0) is 0 Å². The number of rotatable bonds is 3. The normalized spacial score (nSPS) is 26.1. The smallest absolute Gasteiger partial charge is 0.126 e. The Balaban J connectivity index is 2.03. The summed E-state index contributed by atoms with van der Waals surface area (Å²) in [7, 11) is 0. The van der Waals surface area contributed by atoms with Gasteiger partial charge in [0.1, 0.15) is 5.82 Å². The molecule has 94 valence electrons. The van der Waals surface area contributed by atoms with Gasteiger partial charge in [0, 0.05) is 12.1 Å². The van der Waals surface area contributed by atoms with Gasteiger partial charge < -0.3 is 10.4 Å². The van der Waals surface area contributed by atoms with Crippen LogP contribution in [-0.4, -0.2) is 17.3 Å². The number of benzene rings is 1. The summed E-state index contributed by atoms with van der Waals surface area (Å²) in [4.78, 5) is 0. The molecule has 0 aromatic heterocycles. The van der Waals surface area contributed by atoms with E-state index in [2.05, 4.69) is 5.32 Å². The highest BCUT2D eigenvalue weighted by Crippen LogP contribution is 2.23. The van der Waals surface area contributed by atoms with E-state index in [-0.39, 0.29) is 24.0 Å². The zero-order valence-electron chi connectivity index (χ0n) is 10.4. The molecule has 1 aliphatic rings. The Hall–Kier alpha value is -0.930. The van der Waals surface area contributed by atoms with E-state index in [1.165, 1.54) is 0 Å². The quantitative estimate of drug-likeness (QED) is 0.847. The summed E-state index contributed by atoms with van der Waals surface area (Å²) in [6.45, 7) is 3.77. The Bertz CT molecular complexity index is 394. The third-order valence-corrected chi connectivity index (χ3v) is 3.64. The maximum atomic E-state index is 13.5. The molecule has 1 fully saturated rings. The number of aryl methyl sites for hydroxylation is 1. The van der Waals surface area contributed by atoms with E-state index in [9.17, 15) is 9.50 Å². The predicted octanol–water partition coefficient (Wildman–Crippen LogP) is 2.70. The molecule has 1 saturated carbocycles. The van der Waals surface area contributed by atoms with Gasteiger partial charge in [0.2, 0.25) is 0 Å². The number of nitrogens with one attached hydrogen (secondary N) is 1. The third kappa shape index (κ3) is 2.85. The van der Waals surface area contributed by atoms with Gasteiger partial charge in [-0.2, -0.15) is 0 Å². The molecule has 0 saturated heterocycles. The Kier molecular flexibility index (Phi) is 3.79. The molecular formula is C14H20FNO. The van der Waals surface area contributed by atoms with Gasteiger partial charge in [-0.1, -0.05) is 12.1 Å². The molecule has 0 amide bonds. The van der Waals surface area contributed by atoms with E-state index in [4.69, 9.17) is 0 Å². The zero-order chi connectivity index (χ0) is 12.4. The summed E-state index contributed by atoms with van der Waals surface area (Å²) in [6.07, 6.45) is 2.67. The van der Waals surface area contributed by atoms with Crippen LogP contribution in [0, 0.1) is 12.7 Å². The minimum Gasteiger partial charge on any atom is -0.392 e. The van der Waals surface area contributed by atoms with Gasteiger partial charge in [-0.3, -0.25) is 0 Å². The summed E-state index contributed by atoms with van der Waals surface area (Å²) >= 11 is 0. The summed E-state index contributed by atoms with van der Waals surface area (Å²) in [5.74, 6) is -0.164. The van der Waals surface area contributed by atoms with Crippen molar-refractivity contribution in [2.75, 3.05) is 0 Å². The third-order valence-electron chi connectivity index (χ3n) is 3.64. The molecule has 2 nitrogen and oxygen atoms in total. The number of halogens is 1. The molecule has 17 heavy (non-hydrogen) atoms. The van der Waals surface area contributed by atoms with Crippen molar-refractivity contribution in [3.8, 4) is 0 Å². The lowest BCUT2D eigenvalue weighted by molar-refractivity contribution is 0.144. The van der Waals surface area contributed by atoms with E-state index < -0.39 is 0 Å². The van der Waals surface area contributed by atoms with E-state index in [1.54, 1.807) is 19.1 Å². The van der Waals surface area contributed by atoms with Crippen LogP contribution < -0.4 is 5.32 Å². The molecule has 2 rings (SSSR count). The summed E-state index contributed by atoms with van der Waals surface area (Å²) < 4.78 is 13.5. The molecule has 1 unspecified atom stereocenters. The fourth-order valence-corrected chi connectivity index (χ4v) is 2.43. The van der Waals surface area contributed by atoms with Crippen molar-refractivity contribution in [2.24, 2.45) is 0 Å². The molecule has 0 spiro atoms. The van der Waals surface area contributed by atoms with Gasteiger partial charge in [-0.25, -0.2) is 4.39 Å². The zero-order valence-corrected chi connectivity index (χ0v) is 10.4. The number of aliphatic hydroxyl groups is 1. The minimum absolute atomic E-state index is 0.0721. The first kappa shape index (κ1) is 12.5. The van der Waals surface area contributed by atoms with E-state index in [0.29, 0.717) is 5.56 Å². The highest BCUT2D eigenvalue weighted by molar-refractivity contribution is 5.25. The monoisotopic (exact) mass is 237 g/mol. The molecule has 1 aromatic carbocycles. The van der Waals surface area contributed by atoms with Crippen LogP contribution >= 0.6 is 0 Å². The lowest BCUT2D eigenvalue weighted by Gasteiger charge is -2.22. The lowest BCUT2D eigenvalue weighted by Crippen LogP contribution is -2.37. The van der Waals surface area contributed by atoms with Crippen molar-refractivity contribution < 1.29 is 9.50 Å². The van der Waals surface area contributed by atoms with Crippen LogP contribution in [0.15, 0.2) is 18.2 Å². The molecule has 3 heteroatoms. The summed E-state index contributed by atoms with van der Waals surface area (Å²) in [5, 5.41) is 13.1. The van der Waals surface area contributed by atoms with Gasteiger partial charge in [-0.05, 0) is 50.3 Å². The Morgan fingerprint density at radius 1 is 1.41 bits per heavy atom. The SMILES string of the molecule is Cc1ccc(C(C)N[C@@H]2CCC[C@H]2O)cc1F. The summed E-state index contributed by atoms with van der Waals surface area (Å²) in [6, 6.07) is 5.54. The van der Waals surface area contributed by atoms with Crippen molar-refractivity contribution in [1.29, 1.82) is 0 Å². The highest BCUT2D eigenvalue weighted by Gasteiger charge is 2.26. The van der Waals surface area contributed by atoms with Crippen LogP contribution in [0.5, 0.6) is 0 Å². The Morgan fingerprint density at radius 3 is 2.76 bits per heavy atom. The second-order valence-electron chi connectivity index (χ2n) is 5.00. The molecule has 0 heterocycles. The maximum Gasteiger partial charge on any atom is 0.126 e. The maximum absolute atomic E-state index is 13.5. The topological polar surface area (TPSA) is 32.3 Å². The molecule has 2 N–H and O–H groups in total. The standard InChI is InChI=1S/C14H20FNO/c1-9-6-7-11(8-12(9)15)10(2)16-13-4-3-5-14(13)17/h6-8,10,13-14,16-17H,3-5H2,1-2H3/t10?,13-,14-/m1/s1. The number of aliphatic hydroxyl groups excluding tert-OH is 1. The second-order valence-corrected chi connectivity index (χ2v) is 5.00. The van der Waals surface area contributed by atoms with Crippen LogP contribution in [0.25, 0.3) is 0 Å². The van der Waals surface area contributed by atoms with E-state index in [0.717, 1.165) is 24.8 Å². The average Bonchev–Trinajstić information content (AvgIpc) is 2.68. The highest BCUT2D eigenvalue weighted by atomic mass is 19.1. The first-order valence-electron chi connectivity index (χ1n) is 6.28. The van der Waals surface area contributed by atoms with Crippen molar-refractivity contribution in [1.82, 2.24) is 5.32 Å². The van der Waals surface area contributed by atoms with Gasteiger partial charge in [0.25, 0.3) is 0 Å². The van der Waals surface area contributed by atoms with E-state index >= 15 is 0 Å². The summed E-state index contributed by atoms with van der Waals surface area (Å²) in [5.41, 5.74) is 1.61. The van der Waals surface area contributed by atoms with E-state index in [1.807, 2.05) is 13.0 Å². The van der Waals surface area contributed by atoms with Crippen molar-refractivity contribution in [3.05, 3.63) is 35.1 Å². The molecule has 0 bridgehead atoms. The van der Waals surface area contributed by atoms with Crippen LogP contribution in [0.1, 0.15) is 43.4 Å². The molecule has 1 aromatic rings. The molecule has 0 radical (unpaired) electrons. The van der Waals surface area contributed by atoms with Gasteiger partial charge in [0.05, 0.1) is 6.10 Å². The minimum atomic E-state index is -0.257. The van der Waals surface area contributed by atoms with Crippen LogP contribution in [0.4, 0.5) is 4.39 Å². The fourth-order valence-electron chi connectivity index (χ4n) is 2.43. The predicted molar refractivity (Wildman–Crippen MR) is 66.3 cm³/mol. The molecule has 3 atom stereocenters. The molecule has 0 aliphatic heterocycles. The van der Waals surface area contributed by atoms with Gasteiger partial charge in [0.15, 0.2) is 0 Å². The lowest BCUT2D eigenvalue weighted by atomic mass is 10.0. The first-order valence-corrected chi connectivity index (χ1v) is 6.28. The Morgan fingerprint density at radius 2 is 2.18 bits per heavy atom. The largest absolute Gasteiger partial charge is 0.392 e. The average molecular weight is 237 g/mol. The van der Waals surface area contributed by atoms with Crippen molar-refractivity contribution >= 4 is 0 Å². The number of hydrogen-bond acceptors (Lipinski definition) is 2. The number of hydrogen-bond donors (Lipinski definition) is 2. The van der Waals surface area contributed by atoms with Crippen molar-refractivity contribution in [3.63, 3.8) is 0 Å². The van der Waals surface area contributed by atoms with Crippen LogP contribution in [0.3, 0.4) is 0 Å². The molecule has 1 aliphatic carbocycles. The second kappa shape index (κ2) is 5.15.